The Kier molecular flexibility index (Phi) is 3.40. The molecular weight excluding hydrogens is 168 g/mol. The number of carbonyl (C=O) groups excluding carboxylic acids is 1. The molecule has 0 bridgehead atoms. The van der Waals surface area contributed by atoms with Crippen LogP contribution in [0.15, 0.2) is 18.3 Å². The Morgan fingerprint density at radius 2 is 2.46 bits per heavy atom. The van der Waals surface area contributed by atoms with Gasteiger partial charge in [0.2, 0.25) is 0 Å². The third kappa shape index (κ3) is 2.83. The van der Waals surface area contributed by atoms with Crippen molar-refractivity contribution in [3.8, 4) is 0 Å². The van der Waals surface area contributed by atoms with Crippen LogP contribution in [0.1, 0.15) is 23.0 Å². The van der Waals surface area contributed by atoms with Crippen LogP contribution in [0.4, 0.5) is 0 Å². The number of aryl methyl sites for hydroxylation is 1. The fraction of sp³-hybridized carbons (Fsp3) is 0.333. The minimum atomic E-state index is -0.243. The molecule has 0 aromatic carbocycles. The standard InChI is InChI=1S/C9H12N2O2/c1-3-13-11-9(12)8-4-5-10-7(2)6-8/h4-6H,3H2,1-2H3,(H,11,12). The molecule has 1 rings (SSSR count). The van der Waals surface area contributed by atoms with Gasteiger partial charge in [0.1, 0.15) is 0 Å². The Morgan fingerprint density at radius 1 is 1.69 bits per heavy atom. The van der Waals surface area contributed by atoms with E-state index in [9.17, 15) is 4.79 Å². The molecule has 1 heterocycles. The van der Waals surface area contributed by atoms with E-state index in [1.807, 2.05) is 6.92 Å². The average molecular weight is 180 g/mol. The van der Waals surface area contributed by atoms with Crippen molar-refractivity contribution in [2.75, 3.05) is 6.61 Å². The highest BCUT2D eigenvalue weighted by Crippen LogP contribution is 1.99. The van der Waals surface area contributed by atoms with Gasteiger partial charge in [-0.2, -0.15) is 0 Å². The van der Waals surface area contributed by atoms with E-state index in [1.165, 1.54) is 0 Å². The molecule has 0 fully saturated rings. The van der Waals surface area contributed by atoms with Crippen LogP contribution in [0.3, 0.4) is 0 Å². The third-order valence-electron chi connectivity index (χ3n) is 1.47. The van der Waals surface area contributed by atoms with Gasteiger partial charge in [0, 0.05) is 17.5 Å². The SMILES string of the molecule is CCONC(=O)c1ccnc(C)c1. The van der Waals surface area contributed by atoms with Gasteiger partial charge in [0.15, 0.2) is 0 Å². The zero-order valence-electron chi connectivity index (χ0n) is 7.70. The van der Waals surface area contributed by atoms with Crippen LogP contribution in [-0.4, -0.2) is 17.5 Å². The first-order valence-corrected chi connectivity index (χ1v) is 4.09. The number of hydrogen-bond donors (Lipinski definition) is 1. The third-order valence-corrected chi connectivity index (χ3v) is 1.47. The maximum absolute atomic E-state index is 11.3. The number of pyridine rings is 1. The first-order valence-electron chi connectivity index (χ1n) is 4.09. The maximum atomic E-state index is 11.3. The Hall–Kier alpha value is -1.42. The van der Waals surface area contributed by atoms with Crippen molar-refractivity contribution < 1.29 is 9.63 Å². The first-order chi connectivity index (χ1) is 6.24. The second-order valence-electron chi connectivity index (χ2n) is 2.55. The molecule has 13 heavy (non-hydrogen) atoms. The molecule has 0 aliphatic heterocycles. The Bertz CT molecular complexity index is 299. The van der Waals surface area contributed by atoms with E-state index in [4.69, 9.17) is 4.84 Å². The van der Waals surface area contributed by atoms with E-state index < -0.39 is 0 Å². The van der Waals surface area contributed by atoms with E-state index in [1.54, 1.807) is 25.3 Å². The average Bonchev–Trinajstić information content (AvgIpc) is 2.14. The van der Waals surface area contributed by atoms with Crippen molar-refractivity contribution in [1.29, 1.82) is 0 Å². The zero-order chi connectivity index (χ0) is 9.68. The number of nitrogens with zero attached hydrogens (tertiary/aromatic N) is 1. The number of amides is 1. The van der Waals surface area contributed by atoms with Crippen LogP contribution in [0.25, 0.3) is 0 Å². The van der Waals surface area contributed by atoms with Gasteiger partial charge in [0.25, 0.3) is 5.91 Å². The molecule has 0 atom stereocenters. The number of carbonyl (C=O) groups is 1. The topological polar surface area (TPSA) is 51.2 Å². The number of hydrogen-bond acceptors (Lipinski definition) is 3. The fourth-order valence-electron chi connectivity index (χ4n) is 0.883. The molecule has 0 aliphatic carbocycles. The molecule has 0 radical (unpaired) electrons. The highest BCUT2D eigenvalue weighted by Gasteiger charge is 2.04. The lowest BCUT2D eigenvalue weighted by atomic mass is 10.2. The first kappa shape index (κ1) is 9.67. The summed E-state index contributed by atoms with van der Waals surface area (Å²) in [7, 11) is 0. The summed E-state index contributed by atoms with van der Waals surface area (Å²) in [5.74, 6) is -0.243. The molecule has 4 heteroatoms. The molecule has 0 saturated heterocycles. The van der Waals surface area contributed by atoms with Gasteiger partial charge in [-0.15, -0.1) is 0 Å². The van der Waals surface area contributed by atoms with E-state index >= 15 is 0 Å². The predicted molar refractivity (Wildman–Crippen MR) is 48.1 cm³/mol. The summed E-state index contributed by atoms with van der Waals surface area (Å²) in [4.78, 5) is 20.0. The minimum Gasteiger partial charge on any atom is -0.274 e. The quantitative estimate of drug-likeness (QED) is 0.708. The summed E-state index contributed by atoms with van der Waals surface area (Å²) in [6.45, 7) is 4.09. The highest BCUT2D eigenvalue weighted by molar-refractivity contribution is 5.93. The molecule has 4 nitrogen and oxygen atoms in total. The lowest BCUT2D eigenvalue weighted by Crippen LogP contribution is -2.23. The van der Waals surface area contributed by atoms with Gasteiger partial charge in [-0.25, -0.2) is 5.48 Å². The summed E-state index contributed by atoms with van der Waals surface area (Å²) >= 11 is 0. The van der Waals surface area contributed by atoms with Crippen LogP contribution in [0.2, 0.25) is 0 Å². The van der Waals surface area contributed by atoms with Gasteiger partial charge in [-0.3, -0.25) is 14.6 Å². The lowest BCUT2D eigenvalue weighted by Gasteiger charge is -2.03. The van der Waals surface area contributed by atoms with Crippen LogP contribution in [0.5, 0.6) is 0 Å². The van der Waals surface area contributed by atoms with Crippen molar-refractivity contribution in [2.24, 2.45) is 0 Å². The molecule has 0 saturated carbocycles. The molecule has 1 amide bonds. The number of hydroxylamine groups is 1. The molecule has 1 N–H and O–H groups in total. The number of rotatable bonds is 3. The number of nitrogens with one attached hydrogen (secondary N) is 1. The largest absolute Gasteiger partial charge is 0.274 e. The second-order valence-corrected chi connectivity index (χ2v) is 2.55. The van der Waals surface area contributed by atoms with Crippen LogP contribution >= 0.6 is 0 Å². The van der Waals surface area contributed by atoms with Gasteiger partial charge < -0.3 is 0 Å². The second kappa shape index (κ2) is 4.57. The van der Waals surface area contributed by atoms with Gasteiger partial charge in [-0.1, -0.05) is 0 Å². The summed E-state index contributed by atoms with van der Waals surface area (Å²) in [6, 6.07) is 3.34. The smallest absolute Gasteiger partial charge is 0.274 e. The van der Waals surface area contributed by atoms with Gasteiger partial charge in [-0.05, 0) is 26.0 Å². The van der Waals surface area contributed by atoms with Crippen molar-refractivity contribution in [2.45, 2.75) is 13.8 Å². The summed E-state index contributed by atoms with van der Waals surface area (Å²) in [6.07, 6.45) is 1.59. The van der Waals surface area contributed by atoms with Gasteiger partial charge in [0.05, 0.1) is 6.61 Å². The molecule has 0 spiro atoms. The molecule has 0 aliphatic rings. The van der Waals surface area contributed by atoms with E-state index in [0.29, 0.717) is 12.2 Å². The maximum Gasteiger partial charge on any atom is 0.274 e. The van der Waals surface area contributed by atoms with Crippen LogP contribution in [-0.2, 0) is 4.84 Å². The number of aromatic nitrogens is 1. The summed E-state index contributed by atoms with van der Waals surface area (Å²) in [5, 5.41) is 0. The molecular formula is C9H12N2O2. The van der Waals surface area contributed by atoms with Gasteiger partial charge >= 0.3 is 0 Å². The Labute approximate surface area is 76.9 Å². The molecule has 70 valence electrons. The monoisotopic (exact) mass is 180 g/mol. The predicted octanol–water partition coefficient (Wildman–Crippen LogP) is 1.07. The minimum absolute atomic E-state index is 0.243. The van der Waals surface area contributed by atoms with Crippen LogP contribution < -0.4 is 5.48 Å². The zero-order valence-corrected chi connectivity index (χ0v) is 7.70. The summed E-state index contributed by atoms with van der Waals surface area (Å²) < 4.78 is 0. The summed E-state index contributed by atoms with van der Waals surface area (Å²) in [5.41, 5.74) is 3.67. The normalized spacial score (nSPS) is 9.69. The van der Waals surface area contributed by atoms with E-state index in [2.05, 4.69) is 10.5 Å². The molecule has 1 aromatic rings. The Morgan fingerprint density at radius 3 is 3.08 bits per heavy atom. The molecule has 0 unspecified atom stereocenters. The van der Waals surface area contributed by atoms with Crippen molar-refractivity contribution in [1.82, 2.24) is 10.5 Å². The van der Waals surface area contributed by atoms with E-state index in [-0.39, 0.29) is 5.91 Å². The van der Waals surface area contributed by atoms with Crippen molar-refractivity contribution in [3.05, 3.63) is 29.6 Å². The van der Waals surface area contributed by atoms with Crippen molar-refractivity contribution in [3.63, 3.8) is 0 Å². The molecule has 1 aromatic heterocycles. The lowest BCUT2D eigenvalue weighted by molar-refractivity contribution is 0.0364. The van der Waals surface area contributed by atoms with Crippen molar-refractivity contribution >= 4 is 5.91 Å². The Balaban J connectivity index is 2.66. The van der Waals surface area contributed by atoms with Crippen LogP contribution in [0, 0.1) is 6.92 Å². The highest BCUT2D eigenvalue weighted by atomic mass is 16.6. The van der Waals surface area contributed by atoms with E-state index in [0.717, 1.165) is 5.69 Å². The fourth-order valence-corrected chi connectivity index (χ4v) is 0.883.